The number of hydrogen-bond donors (Lipinski definition) is 0. The summed E-state index contributed by atoms with van der Waals surface area (Å²) in [7, 11) is 0. The van der Waals surface area contributed by atoms with Crippen molar-refractivity contribution in [2.45, 2.75) is 52.8 Å². The number of thioether (sulfide) groups is 1. The average molecular weight is 660 g/mol. The Morgan fingerprint density at radius 1 is 1.09 bits per heavy atom. The van der Waals surface area contributed by atoms with E-state index in [4.69, 9.17) is 0 Å². The van der Waals surface area contributed by atoms with Crippen molar-refractivity contribution >= 4 is 34.4 Å². The highest BCUT2D eigenvalue weighted by atomic mass is 32.2. The van der Waals surface area contributed by atoms with Crippen LogP contribution < -0.4 is 9.64 Å². The molecule has 0 bridgehead atoms. The third-order valence-electron chi connectivity index (χ3n) is 7.19. The lowest BCUT2D eigenvalue weighted by Gasteiger charge is -2.22. The number of anilines is 1. The molecule has 1 aromatic heterocycles. The quantitative estimate of drug-likeness (QED) is 0.180. The van der Waals surface area contributed by atoms with Crippen molar-refractivity contribution in [2.75, 3.05) is 10.7 Å². The molecule has 1 saturated heterocycles. The van der Waals surface area contributed by atoms with E-state index in [9.17, 15) is 22.8 Å². The van der Waals surface area contributed by atoms with Gasteiger partial charge in [0.15, 0.2) is 11.0 Å². The van der Waals surface area contributed by atoms with Gasteiger partial charge in [-0.3, -0.25) is 14.5 Å². The monoisotopic (exact) mass is 659 g/mol. The minimum absolute atomic E-state index is 0.0615. The first-order chi connectivity index (χ1) is 22.4. The van der Waals surface area contributed by atoms with E-state index < -0.39 is 6.36 Å². The van der Waals surface area contributed by atoms with Crippen molar-refractivity contribution in [1.29, 1.82) is 0 Å². The first kappa shape index (κ1) is 33.5. The van der Waals surface area contributed by atoms with Gasteiger partial charge in [0, 0.05) is 24.0 Å². The molecule has 0 saturated carbocycles. The van der Waals surface area contributed by atoms with Crippen LogP contribution in [0.15, 0.2) is 78.0 Å². The number of amides is 2. The van der Waals surface area contributed by atoms with Crippen LogP contribution in [-0.4, -0.2) is 43.9 Å². The van der Waals surface area contributed by atoms with E-state index in [1.165, 1.54) is 47.0 Å². The van der Waals surface area contributed by atoms with Gasteiger partial charge < -0.3 is 4.74 Å². The number of carbonyl (C=O) groups excluding carboxylic acids is 2. The number of benzene rings is 3. The van der Waals surface area contributed by atoms with Crippen molar-refractivity contribution in [1.82, 2.24) is 14.8 Å². The molecular formula is C35H32F3N5O3S. The number of hydrogen-bond acceptors (Lipinski definition) is 6. The molecule has 0 spiro atoms. The summed E-state index contributed by atoms with van der Waals surface area (Å²) in [5, 5.41) is 4.85. The lowest BCUT2D eigenvalue weighted by Crippen LogP contribution is -2.31. The molecular weight excluding hydrogens is 627 g/mol. The van der Waals surface area contributed by atoms with Crippen molar-refractivity contribution in [3.63, 3.8) is 0 Å². The number of halogens is 3. The first-order valence-corrected chi connectivity index (χ1v) is 15.9. The zero-order valence-corrected chi connectivity index (χ0v) is 27.0. The fourth-order valence-electron chi connectivity index (χ4n) is 4.92. The molecule has 47 heavy (non-hydrogen) atoms. The van der Waals surface area contributed by atoms with Gasteiger partial charge in [-0.25, -0.2) is 9.67 Å². The zero-order valence-electron chi connectivity index (χ0n) is 26.2. The second kappa shape index (κ2) is 14.3. The largest absolute Gasteiger partial charge is 0.573 e. The average Bonchev–Trinajstić information content (AvgIpc) is 3.64. The lowest BCUT2D eigenvalue weighted by atomic mass is 9.99. The molecule has 1 aliphatic heterocycles. The Morgan fingerprint density at radius 3 is 2.57 bits per heavy atom. The molecule has 1 atom stereocenters. The summed E-state index contributed by atoms with van der Waals surface area (Å²) in [6, 6.07) is 18.7. The molecule has 2 amide bonds. The zero-order chi connectivity index (χ0) is 33.7. The van der Waals surface area contributed by atoms with E-state index in [2.05, 4.69) is 45.5 Å². The van der Waals surface area contributed by atoms with E-state index in [0.717, 1.165) is 22.4 Å². The Morgan fingerprint density at radius 2 is 1.85 bits per heavy atom. The number of aromatic nitrogens is 3. The molecule has 5 rings (SSSR count). The number of carbonyl (C=O) groups is 2. The lowest BCUT2D eigenvalue weighted by molar-refractivity contribution is -0.274. The van der Waals surface area contributed by atoms with Crippen LogP contribution in [0.3, 0.4) is 0 Å². The Labute approximate surface area is 275 Å². The molecule has 8 nitrogen and oxygen atoms in total. The third-order valence-corrected chi connectivity index (χ3v) is 8.11. The molecule has 0 radical (unpaired) electrons. The van der Waals surface area contributed by atoms with Gasteiger partial charge in [-0.1, -0.05) is 68.6 Å². The highest BCUT2D eigenvalue weighted by molar-refractivity contribution is 8.15. The van der Waals surface area contributed by atoms with Crippen molar-refractivity contribution in [2.24, 2.45) is 10.9 Å². The maximum absolute atomic E-state index is 12.9. The van der Waals surface area contributed by atoms with Gasteiger partial charge in [0.2, 0.25) is 11.8 Å². The van der Waals surface area contributed by atoms with Gasteiger partial charge in [-0.15, -0.1) is 18.3 Å². The molecule has 1 unspecified atom stereocenters. The van der Waals surface area contributed by atoms with Crippen LogP contribution in [0.4, 0.5) is 18.9 Å². The van der Waals surface area contributed by atoms with Crippen LogP contribution in [0.1, 0.15) is 56.2 Å². The Hall–Kier alpha value is -4.89. The predicted octanol–water partition coefficient (Wildman–Crippen LogP) is 7.70. The van der Waals surface area contributed by atoms with Crippen molar-refractivity contribution < 1.29 is 27.5 Å². The summed E-state index contributed by atoms with van der Waals surface area (Å²) in [4.78, 5) is 36.0. The van der Waals surface area contributed by atoms with Crippen LogP contribution in [0.5, 0.6) is 5.75 Å². The number of aliphatic imine (C=N–C) groups is 1. The Bertz CT molecular complexity index is 1870. The molecule has 2 heterocycles. The maximum atomic E-state index is 12.9. The van der Waals surface area contributed by atoms with Crippen molar-refractivity contribution in [3.05, 3.63) is 89.7 Å². The van der Waals surface area contributed by atoms with Gasteiger partial charge in [0.1, 0.15) is 12.1 Å². The number of ether oxygens (including phenoxy) is 1. The molecule has 1 aliphatic rings. The smallest absolute Gasteiger partial charge is 0.406 e. The standard InChI is InChI=1S/C35H32F3N5O3S/c1-22(2)29-16-11-24(4)17-30(29)43-32(45)20-47-34(43)40-31(44)18-23(3)7-5-8-25-9-6-10-26(19-25)33-39-21-42(41-33)27-12-14-28(15-13-27)46-35(36,37)38/h6,9-17,19,21-23H,7,18,20H2,1-4H3. The molecule has 242 valence electrons. The van der Waals surface area contributed by atoms with Crippen molar-refractivity contribution in [3.8, 4) is 34.7 Å². The third kappa shape index (κ3) is 8.68. The highest BCUT2D eigenvalue weighted by Gasteiger charge is 2.33. The summed E-state index contributed by atoms with van der Waals surface area (Å²) >= 11 is 1.28. The predicted molar refractivity (Wildman–Crippen MR) is 176 cm³/mol. The molecule has 0 aliphatic carbocycles. The molecule has 12 heteroatoms. The second-order valence-corrected chi connectivity index (χ2v) is 12.4. The van der Waals surface area contributed by atoms with Gasteiger partial charge in [0.05, 0.1) is 17.1 Å². The van der Waals surface area contributed by atoms with E-state index in [1.54, 1.807) is 4.90 Å². The minimum Gasteiger partial charge on any atom is -0.406 e. The van der Waals surface area contributed by atoms with E-state index in [-0.39, 0.29) is 41.6 Å². The van der Waals surface area contributed by atoms with Crippen LogP contribution in [-0.2, 0) is 9.59 Å². The topological polar surface area (TPSA) is 89.7 Å². The number of amidine groups is 1. The highest BCUT2D eigenvalue weighted by Crippen LogP contribution is 2.34. The number of alkyl halides is 3. The summed E-state index contributed by atoms with van der Waals surface area (Å²) in [6.07, 6.45) is -2.64. The summed E-state index contributed by atoms with van der Waals surface area (Å²) < 4.78 is 42.7. The van der Waals surface area contributed by atoms with Gasteiger partial charge >= 0.3 is 6.36 Å². The van der Waals surface area contributed by atoms with E-state index in [1.807, 2.05) is 56.3 Å². The second-order valence-electron chi connectivity index (χ2n) is 11.5. The fraction of sp³-hybridized carbons (Fsp3) is 0.286. The van der Waals surface area contributed by atoms with Gasteiger partial charge in [-0.2, -0.15) is 4.99 Å². The number of aryl methyl sites for hydroxylation is 1. The van der Waals surface area contributed by atoms with Crippen LogP contribution >= 0.6 is 11.8 Å². The summed E-state index contributed by atoms with van der Waals surface area (Å²) in [5.74, 6) is 6.35. The normalized spacial score (nSPS) is 14.8. The summed E-state index contributed by atoms with van der Waals surface area (Å²) in [5.41, 5.74) is 4.80. The minimum atomic E-state index is -4.76. The molecule has 4 aromatic rings. The van der Waals surface area contributed by atoms with Crippen LogP contribution in [0, 0.1) is 24.7 Å². The first-order valence-electron chi connectivity index (χ1n) is 14.9. The van der Waals surface area contributed by atoms with Crippen LogP contribution in [0.2, 0.25) is 0 Å². The van der Waals surface area contributed by atoms with Gasteiger partial charge in [-0.05, 0) is 72.4 Å². The number of rotatable bonds is 8. The summed E-state index contributed by atoms with van der Waals surface area (Å²) in [6.45, 7) is 8.04. The van der Waals surface area contributed by atoms with Gasteiger partial charge in [0.25, 0.3) is 0 Å². The SMILES string of the molecule is Cc1ccc(C(C)C)c(N2C(=O)CSC2=NC(=O)CC(C)CC#Cc2cccc(-c3ncn(-c4ccc(OC(F)(F)F)cc4)n3)c2)c1. The van der Waals surface area contributed by atoms with E-state index >= 15 is 0 Å². The maximum Gasteiger partial charge on any atom is 0.573 e. The fourth-order valence-corrected chi connectivity index (χ4v) is 5.80. The Kier molecular flexibility index (Phi) is 10.2. The molecule has 0 N–H and O–H groups in total. The van der Waals surface area contributed by atoms with Crippen LogP contribution in [0.25, 0.3) is 17.1 Å². The molecule has 1 fully saturated rings. The molecule has 3 aromatic carbocycles. The number of nitrogens with zero attached hydrogens (tertiary/aromatic N) is 5. The Balaban J connectivity index is 1.21. The van der Waals surface area contributed by atoms with E-state index in [0.29, 0.717) is 28.7 Å².